The summed E-state index contributed by atoms with van der Waals surface area (Å²) in [7, 11) is 0. The summed E-state index contributed by atoms with van der Waals surface area (Å²) in [4.78, 5) is 17.5. The van der Waals surface area contributed by atoms with Crippen molar-refractivity contribution in [2.24, 2.45) is 0 Å². The molecule has 0 amide bonds. The minimum Gasteiger partial charge on any atom is -0.267 e. The lowest BCUT2D eigenvalue weighted by molar-refractivity contribution is 0.0946. The number of hydrogen-bond acceptors (Lipinski definition) is 3. The molecule has 4 rings (SSSR count). The molecule has 0 bridgehead atoms. The van der Waals surface area contributed by atoms with E-state index in [-0.39, 0.29) is 5.91 Å². The number of pyridine rings is 1. The number of aromatic nitrogens is 3. The Morgan fingerprint density at radius 3 is 2.67 bits per heavy atom. The van der Waals surface area contributed by atoms with Gasteiger partial charge in [-0.25, -0.2) is 9.67 Å². The second-order valence-electron chi connectivity index (χ2n) is 5.34. The van der Waals surface area contributed by atoms with E-state index < -0.39 is 0 Å². The highest BCUT2D eigenvalue weighted by Gasteiger charge is 2.15. The Labute approximate surface area is 146 Å². The van der Waals surface area contributed by atoms with E-state index in [1.807, 2.05) is 54.6 Å². The van der Waals surface area contributed by atoms with Crippen LogP contribution in [0, 0.1) is 0 Å². The summed E-state index contributed by atoms with van der Waals surface area (Å²) in [5.41, 5.74) is 3.07. The van der Waals surface area contributed by atoms with E-state index in [0.29, 0.717) is 5.56 Å². The van der Waals surface area contributed by atoms with Crippen LogP contribution in [0.25, 0.3) is 22.2 Å². The zero-order valence-corrected chi connectivity index (χ0v) is 14.1. The number of para-hydroxylation sites is 1. The standard InChI is InChI=1S/C19H12BrN3O/c20-14-6-3-5-13(11-14)18-12-16(19(24)23-10-4-9-21-23)15-7-1-2-8-17(15)22-18/h1-12H. The Kier molecular flexibility index (Phi) is 3.70. The van der Waals surface area contributed by atoms with Crippen molar-refractivity contribution in [2.45, 2.75) is 0 Å². The van der Waals surface area contributed by atoms with E-state index in [9.17, 15) is 4.79 Å². The monoisotopic (exact) mass is 377 g/mol. The zero-order chi connectivity index (χ0) is 16.5. The summed E-state index contributed by atoms with van der Waals surface area (Å²) in [5.74, 6) is -0.171. The van der Waals surface area contributed by atoms with Gasteiger partial charge in [0.2, 0.25) is 0 Å². The molecule has 24 heavy (non-hydrogen) atoms. The average molecular weight is 378 g/mol. The first kappa shape index (κ1) is 14.8. The molecule has 0 N–H and O–H groups in total. The summed E-state index contributed by atoms with van der Waals surface area (Å²) >= 11 is 3.48. The first-order chi connectivity index (χ1) is 11.7. The van der Waals surface area contributed by atoms with Crippen LogP contribution in [-0.4, -0.2) is 20.7 Å². The Balaban J connectivity index is 1.96. The molecule has 0 saturated carbocycles. The molecule has 0 unspecified atom stereocenters. The number of hydrogen-bond donors (Lipinski definition) is 0. The molecule has 4 nitrogen and oxygen atoms in total. The second-order valence-corrected chi connectivity index (χ2v) is 6.25. The first-order valence-corrected chi connectivity index (χ1v) is 8.22. The summed E-state index contributed by atoms with van der Waals surface area (Å²) in [6, 6.07) is 19.1. The number of nitrogens with zero attached hydrogens (tertiary/aromatic N) is 3. The summed E-state index contributed by atoms with van der Waals surface area (Å²) in [6.07, 6.45) is 3.24. The number of halogens is 1. The molecule has 0 saturated heterocycles. The van der Waals surface area contributed by atoms with E-state index in [0.717, 1.165) is 26.6 Å². The molecule has 0 fully saturated rings. The molecule has 4 aromatic rings. The fourth-order valence-electron chi connectivity index (χ4n) is 2.66. The van der Waals surface area contributed by atoms with Crippen LogP contribution in [0.15, 0.2) is 77.5 Å². The van der Waals surface area contributed by atoms with Crippen LogP contribution in [0.3, 0.4) is 0 Å². The van der Waals surface area contributed by atoms with Crippen LogP contribution in [0.1, 0.15) is 10.4 Å². The van der Waals surface area contributed by atoms with Gasteiger partial charge in [0.25, 0.3) is 5.91 Å². The lowest BCUT2D eigenvalue weighted by Gasteiger charge is -2.09. The largest absolute Gasteiger partial charge is 0.278 e. The summed E-state index contributed by atoms with van der Waals surface area (Å²) < 4.78 is 2.31. The SMILES string of the molecule is O=C(c1cc(-c2cccc(Br)c2)nc2ccccc12)n1cccn1. The van der Waals surface area contributed by atoms with E-state index >= 15 is 0 Å². The smallest absolute Gasteiger partial charge is 0.267 e. The molecule has 2 heterocycles. The molecule has 0 atom stereocenters. The summed E-state index contributed by atoms with van der Waals surface area (Å²) in [5, 5.41) is 4.87. The Morgan fingerprint density at radius 2 is 1.88 bits per heavy atom. The minimum atomic E-state index is -0.171. The molecule has 0 aliphatic carbocycles. The third-order valence-corrected chi connectivity index (χ3v) is 4.27. The molecule has 0 spiro atoms. The number of carbonyl (C=O) groups excluding carboxylic acids is 1. The Morgan fingerprint density at radius 1 is 1.00 bits per heavy atom. The highest BCUT2D eigenvalue weighted by Crippen LogP contribution is 2.27. The van der Waals surface area contributed by atoms with Crippen LogP contribution >= 0.6 is 15.9 Å². The van der Waals surface area contributed by atoms with Crippen LogP contribution in [0.2, 0.25) is 0 Å². The van der Waals surface area contributed by atoms with Gasteiger partial charge in [0.05, 0.1) is 16.8 Å². The molecule has 2 aromatic carbocycles. The van der Waals surface area contributed by atoms with E-state index in [2.05, 4.69) is 21.0 Å². The van der Waals surface area contributed by atoms with Crippen LogP contribution in [0.4, 0.5) is 0 Å². The molecule has 0 aliphatic rings. The molecule has 0 radical (unpaired) electrons. The van der Waals surface area contributed by atoms with Crippen molar-refractivity contribution in [2.75, 3.05) is 0 Å². The maximum Gasteiger partial charge on any atom is 0.278 e. The van der Waals surface area contributed by atoms with Gasteiger partial charge >= 0.3 is 0 Å². The molecule has 116 valence electrons. The van der Waals surface area contributed by atoms with E-state index in [1.165, 1.54) is 4.68 Å². The minimum absolute atomic E-state index is 0.171. The van der Waals surface area contributed by atoms with E-state index in [1.54, 1.807) is 18.5 Å². The zero-order valence-electron chi connectivity index (χ0n) is 12.6. The predicted molar refractivity (Wildman–Crippen MR) is 96.8 cm³/mol. The third kappa shape index (κ3) is 2.63. The normalized spacial score (nSPS) is 10.9. The highest BCUT2D eigenvalue weighted by molar-refractivity contribution is 9.10. The number of carbonyl (C=O) groups is 1. The van der Waals surface area contributed by atoms with Crippen LogP contribution < -0.4 is 0 Å². The van der Waals surface area contributed by atoms with Gasteiger partial charge in [-0.1, -0.05) is 46.3 Å². The van der Waals surface area contributed by atoms with Gasteiger partial charge in [-0.3, -0.25) is 4.79 Å². The average Bonchev–Trinajstić information content (AvgIpc) is 3.15. The quantitative estimate of drug-likeness (QED) is 0.514. The van der Waals surface area contributed by atoms with Gasteiger partial charge in [-0.2, -0.15) is 5.10 Å². The van der Waals surface area contributed by atoms with Crippen molar-refractivity contribution in [3.05, 3.63) is 83.1 Å². The van der Waals surface area contributed by atoms with Gasteiger partial charge in [-0.15, -0.1) is 0 Å². The van der Waals surface area contributed by atoms with Crippen molar-refractivity contribution in [3.63, 3.8) is 0 Å². The third-order valence-electron chi connectivity index (χ3n) is 3.78. The van der Waals surface area contributed by atoms with Gasteiger partial charge < -0.3 is 0 Å². The predicted octanol–water partition coefficient (Wildman–Crippen LogP) is 4.55. The molecule has 5 heteroatoms. The topological polar surface area (TPSA) is 47.8 Å². The number of fused-ring (bicyclic) bond motifs is 1. The first-order valence-electron chi connectivity index (χ1n) is 7.42. The molecule has 0 aliphatic heterocycles. The van der Waals surface area contributed by atoms with Gasteiger partial charge in [0.1, 0.15) is 0 Å². The van der Waals surface area contributed by atoms with Crippen molar-refractivity contribution >= 4 is 32.7 Å². The van der Waals surface area contributed by atoms with Crippen LogP contribution in [-0.2, 0) is 0 Å². The fourth-order valence-corrected chi connectivity index (χ4v) is 3.06. The van der Waals surface area contributed by atoms with Gasteiger partial charge in [0.15, 0.2) is 0 Å². The Hall–Kier alpha value is -2.79. The van der Waals surface area contributed by atoms with Crippen molar-refractivity contribution in [3.8, 4) is 11.3 Å². The number of benzene rings is 2. The van der Waals surface area contributed by atoms with Crippen molar-refractivity contribution in [1.82, 2.24) is 14.8 Å². The number of rotatable bonds is 2. The highest BCUT2D eigenvalue weighted by atomic mass is 79.9. The van der Waals surface area contributed by atoms with Gasteiger partial charge in [0, 0.05) is 27.8 Å². The molecular weight excluding hydrogens is 366 g/mol. The maximum atomic E-state index is 12.8. The van der Waals surface area contributed by atoms with Gasteiger partial charge in [-0.05, 0) is 30.3 Å². The Bertz CT molecular complexity index is 1040. The lowest BCUT2D eigenvalue weighted by atomic mass is 10.0. The molecular formula is C19H12BrN3O. The maximum absolute atomic E-state index is 12.8. The molecule has 2 aromatic heterocycles. The van der Waals surface area contributed by atoms with E-state index in [4.69, 9.17) is 4.98 Å². The fraction of sp³-hybridized carbons (Fsp3) is 0. The van der Waals surface area contributed by atoms with Crippen molar-refractivity contribution in [1.29, 1.82) is 0 Å². The lowest BCUT2D eigenvalue weighted by Crippen LogP contribution is -2.13. The van der Waals surface area contributed by atoms with Crippen LogP contribution in [0.5, 0.6) is 0 Å². The second kappa shape index (κ2) is 6.02. The van der Waals surface area contributed by atoms with Crippen molar-refractivity contribution < 1.29 is 4.79 Å². The summed E-state index contributed by atoms with van der Waals surface area (Å²) in [6.45, 7) is 0.